The molecular formula is C18H26N2O. The molecule has 114 valence electrons. The first-order chi connectivity index (χ1) is 10.2. The van der Waals surface area contributed by atoms with Gasteiger partial charge in [-0.2, -0.15) is 0 Å². The van der Waals surface area contributed by atoms with Gasteiger partial charge in [-0.1, -0.05) is 30.3 Å². The van der Waals surface area contributed by atoms with E-state index in [0.29, 0.717) is 0 Å². The summed E-state index contributed by atoms with van der Waals surface area (Å²) >= 11 is 0. The van der Waals surface area contributed by atoms with Crippen LogP contribution in [0.4, 0.5) is 0 Å². The Labute approximate surface area is 128 Å². The standard InChI is InChI=1S/C18H26N2O/c1-16-10-11-18(17-8-5-4-6-9-17)20(16)13-15-21-14-7-12-19(2)3/h4-6,8-11H,7,12-15H2,1-3H3. The first kappa shape index (κ1) is 15.8. The van der Waals surface area contributed by atoms with Crippen LogP contribution in [0, 0.1) is 6.92 Å². The minimum absolute atomic E-state index is 0.767. The fraction of sp³-hybridized carbons (Fsp3) is 0.444. The second-order valence-electron chi connectivity index (χ2n) is 5.65. The number of aryl methyl sites for hydroxylation is 1. The summed E-state index contributed by atoms with van der Waals surface area (Å²) in [5, 5.41) is 0. The number of ether oxygens (including phenoxy) is 1. The van der Waals surface area contributed by atoms with Gasteiger partial charge in [0.15, 0.2) is 0 Å². The van der Waals surface area contributed by atoms with Crippen molar-refractivity contribution in [2.75, 3.05) is 33.9 Å². The SMILES string of the molecule is Cc1ccc(-c2ccccc2)n1CCOCCCN(C)C. The van der Waals surface area contributed by atoms with E-state index in [2.05, 4.69) is 73.0 Å². The molecule has 1 aromatic carbocycles. The Morgan fingerprint density at radius 2 is 1.76 bits per heavy atom. The van der Waals surface area contributed by atoms with Gasteiger partial charge >= 0.3 is 0 Å². The fourth-order valence-corrected chi connectivity index (χ4v) is 2.47. The lowest BCUT2D eigenvalue weighted by Crippen LogP contribution is -2.16. The quantitative estimate of drug-likeness (QED) is 0.692. The molecule has 3 heteroatoms. The molecule has 0 saturated carbocycles. The third-order valence-corrected chi connectivity index (χ3v) is 3.62. The van der Waals surface area contributed by atoms with Crippen LogP contribution in [0.15, 0.2) is 42.5 Å². The van der Waals surface area contributed by atoms with E-state index >= 15 is 0 Å². The van der Waals surface area contributed by atoms with Crippen molar-refractivity contribution in [3.8, 4) is 11.3 Å². The Kier molecular flexibility index (Phi) is 6.03. The molecule has 0 amide bonds. The highest BCUT2D eigenvalue weighted by molar-refractivity contribution is 5.60. The topological polar surface area (TPSA) is 17.4 Å². The van der Waals surface area contributed by atoms with Gasteiger partial charge in [-0.25, -0.2) is 0 Å². The van der Waals surface area contributed by atoms with Crippen molar-refractivity contribution in [3.63, 3.8) is 0 Å². The molecule has 3 nitrogen and oxygen atoms in total. The number of benzene rings is 1. The zero-order valence-corrected chi connectivity index (χ0v) is 13.4. The third kappa shape index (κ3) is 4.73. The van der Waals surface area contributed by atoms with Crippen molar-refractivity contribution < 1.29 is 4.74 Å². The Balaban J connectivity index is 1.88. The van der Waals surface area contributed by atoms with Gasteiger partial charge in [-0.15, -0.1) is 0 Å². The molecule has 0 N–H and O–H groups in total. The normalized spacial score (nSPS) is 11.2. The lowest BCUT2D eigenvalue weighted by Gasteiger charge is -2.13. The fourth-order valence-electron chi connectivity index (χ4n) is 2.47. The third-order valence-electron chi connectivity index (χ3n) is 3.62. The van der Waals surface area contributed by atoms with Crippen LogP contribution in [0.2, 0.25) is 0 Å². The van der Waals surface area contributed by atoms with Crippen LogP contribution < -0.4 is 0 Å². The maximum Gasteiger partial charge on any atom is 0.0645 e. The first-order valence-electron chi connectivity index (χ1n) is 7.62. The lowest BCUT2D eigenvalue weighted by molar-refractivity contribution is 0.118. The van der Waals surface area contributed by atoms with E-state index < -0.39 is 0 Å². The van der Waals surface area contributed by atoms with Gasteiger partial charge in [0, 0.05) is 24.5 Å². The summed E-state index contributed by atoms with van der Waals surface area (Å²) in [4.78, 5) is 2.19. The Hall–Kier alpha value is -1.58. The molecule has 2 aromatic rings. The molecule has 0 unspecified atom stereocenters. The average Bonchev–Trinajstić information content (AvgIpc) is 2.84. The molecule has 1 aromatic heterocycles. The molecule has 0 atom stereocenters. The first-order valence-corrected chi connectivity index (χ1v) is 7.62. The number of nitrogens with zero attached hydrogens (tertiary/aromatic N) is 2. The van der Waals surface area contributed by atoms with Crippen LogP contribution in [0.3, 0.4) is 0 Å². The van der Waals surface area contributed by atoms with Crippen LogP contribution in [0.5, 0.6) is 0 Å². The van der Waals surface area contributed by atoms with E-state index in [0.717, 1.165) is 32.7 Å². The molecule has 0 radical (unpaired) electrons. The van der Waals surface area contributed by atoms with Gasteiger partial charge in [-0.05, 0) is 51.7 Å². The molecule has 0 saturated heterocycles. The van der Waals surface area contributed by atoms with E-state index in [1.165, 1.54) is 17.0 Å². The molecule has 0 aliphatic carbocycles. The molecule has 1 heterocycles. The van der Waals surface area contributed by atoms with Crippen LogP contribution in [-0.2, 0) is 11.3 Å². The molecule has 0 bridgehead atoms. The monoisotopic (exact) mass is 286 g/mol. The van der Waals surface area contributed by atoms with E-state index in [4.69, 9.17) is 4.74 Å². The van der Waals surface area contributed by atoms with Crippen molar-refractivity contribution >= 4 is 0 Å². The Morgan fingerprint density at radius 1 is 1.00 bits per heavy atom. The zero-order chi connectivity index (χ0) is 15.1. The summed E-state index contributed by atoms with van der Waals surface area (Å²) in [6.07, 6.45) is 1.09. The minimum Gasteiger partial charge on any atom is -0.380 e. The smallest absolute Gasteiger partial charge is 0.0645 e. The minimum atomic E-state index is 0.767. The van der Waals surface area contributed by atoms with Gasteiger partial charge in [0.1, 0.15) is 0 Å². The zero-order valence-electron chi connectivity index (χ0n) is 13.4. The highest BCUT2D eigenvalue weighted by Crippen LogP contribution is 2.22. The Bertz CT molecular complexity index is 531. The maximum atomic E-state index is 5.76. The number of hydrogen-bond donors (Lipinski definition) is 0. The van der Waals surface area contributed by atoms with Gasteiger partial charge in [0.05, 0.1) is 6.61 Å². The summed E-state index contributed by atoms with van der Waals surface area (Å²) < 4.78 is 8.09. The predicted molar refractivity (Wildman–Crippen MR) is 88.6 cm³/mol. The van der Waals surface area contributed by atoms with Crippen LogP contribution in [0.1, 0.15) is 12.1 Å². The van der Waals surface area contributed by atoms with Crippen LogP contribution in [0.25, 0.3) is 11.3 Å². The van der Waals surface area contributed by atoms with Crippen molar-refractivity contribution in [1.82, 2.24) is 9.47 Å². The molecule has 0 spiro atoms. The molecule has 21 heavy (non-hydrogen) atoms. The average molecular weight is 286 g/mol. The summed E-state index contributed by atoms with van der Waals surface area (Å²) in [6, 6.07) is 14.9. The summed E-state index contributed by atoms with van der Waals surface area (Å²) in [6.45, 7) is 5.74. The number of hydrogen-bond acceptors (Lipinski definition) is 2. The van der Waals surface area contributed by atoms with Crippen molar-refractivity contribution in [1.29, 1.82) is 0 Å². The summed E-state index contributed by atoms with van der Waals surface area (Å²) in [7, 11) is 4.19. The molecule has 0 aliphatic heterocycles. The maximum absolute atomic E-state index is 5.76. The molecule has 2 rings (SSSR count). The van der Waals surface area contributed by atoms with E-state index in [1.54, 1.807) is 0 Å². The largest absolute Gasteiger partial charge is 0.380 e. The van der Waals surface area contributed by atoms with Crippen LogP contribution in [-0.4, -0.2) is 43.3 Å². The summed E-state index contributed by atoms with van der Waals surface area (Å²) in [5.41, 5.74) is 3.81. The molecular weight excluding hydrogens is 260 g/mol. The molecule has 0 fully saturated rings. The highest BCUT2D eigenvalue weighted by atomic mass is 16.5. The van der Waals surface area contributed by atoms with E-state index in [9.17, 15) is 0 Å². The van der Waals surface area contributed by atoms with Gasteiger partial charge < -0.3 is 14.2 Å². The highest BCUT2D eigenvalue weighted by Gasteiger charge is 2.06. The summed E-state index contributed by atoms with van der Waals surface area (Å²) in [5.74, 6) is 0. The Morgan fingerprint density at radius 3 is 2.48 bits per heavy atom. The van der Waals surface area contributed by atoms with Gasteiger partial charge in [0.2, 0.25) is 0 Å². The predicted octanol–water partition coefficient (Wildman–Crippen LogP) is 3.43. The van der Waals surface area contributed by atoms with Crippen molar-refractivity contribution in [2.24, 2.45) is 0 Å². The lowest BCUT2D eigenvalue weighted by atomic mass is 10.1. The second kappa shape index (κ2) is 8.01. The molecule has 0 aliphatic rings. The van der Waals surface area contributed by atoms with Gasteiger partial charge in [-0.3, -0.25) is 0 Å². The number of rotatable bonds is 8. The number of aromatic nitrogens is 1. The van der Waals surface area contributed by atoms with Crippen molar-refractivity contribution in [2.45, 2.75) is 19.9 Å². The second-order valence-corrected chi connectivity index (χ2v) is 5.65. The van der Waals surface area contributed by atoms with Crippen molar-refractivity contribution in [3.05, 3.63) is 48.2 Å². The van der Waals surface area contributed by atoms with Crippen LogP contribution >= 0.6 is 0 Å². The van der Waals surface area contributed by atoms with Gasteiger partial charge in [0.25, 0.3) is 0 Å². The van der Waals surface area contributed by atoms with E-state index in [1.807, 2.05) is 0 Å². The van der Waals surface area contributed by atoms with E-state index in [-0.39, 0.29) is 0 Å².